The van der Waals surface area contributed by atoms with Gasteiger partial charge in [-0.2, -0.15) is 0 Å². The molecular weight excluding hydrogens is 348 g/mol. The molecule has 0 spiro atoms. The molecule has 1 aliphatic rings. The SMILES string of the molecule is CN(C)c1ccc([C@@H](CNC(=O)C(C)(C)CCl)[NH+]2CC[NH+](C)CC2)cc1. The van der Waals surface area contributed by atoms with Gasteiger partial charge in [-0.1, -0.05) is 12.1 Å². The molecule has 1 aromatic rings. The van der Waals surface area contributed by atoms with E-state index in [2.05, 4.69) is 55.6 Å². The Morgan fingerprint density at radius 1 is 1.19 bits per heavy atom. The van der Waals surface area contributed by atoms with Crippen molar-refractivity contribution in [1.29, 1.82) is 0 Å². The summed E-state index contributed by atoms with van der Waals surface area (Å²) in [5.41, 5.74) is 1.94. The predicted octanol–water partition coefficient (Wildman–Crippen LogP) is -0.412. The lowest BCUT2D eigenvalue weighted by Crippen LogP contribution is -3.27. The molecule has 1 aliphatic heterocycles. The lowest BCUT2D eigenvalue weighted by molar-refractivity contribution is -1.02. The minimum absolute atomic E-state index is 0.0292. The second-order valence-corrected chi connectivity index (χ2v) is 8.65. The molecule has 1 amide bonds. The zero-order valence-corrected chi connectivity index (χ0v) is 17.6. The number of halogens is 1. The fraction of sp³-hybridized carbons (Fsp3) is 0.650. The molecule has 1 heterocycles. The van der Waals surface area contributed by atoms with Gasteiger partial charge in [0.05, 0.1) is 19.0 Å². The first-order chi connectivity index (χ1) is 12.2. The molecule has 1 aromatic carbocycles. The normalized spacial score (nSPS) is 21.9. The molecule has 0 unspecified atom stereocenters. The van der Waals surface area contributed by atoms with E-state index in [-0.39, 0.29) is 11.9 Å². The average molecular weight is 383 g/mol. The molecule has 0 aliphatic carbocycles. The molecule has 6 heteroatoms. The monoisotopic (exact) mass is 382 g/mol. The summed E-state index contributed by atoms with van der Waals surface area (Å²) in [6.07, 6.45) is 0. The van der Waals surface area contributed by atoms with Crippen LogP contribution in [-0.4, -0.2) is 65.7 Å². The zero-order chi connectivity index (χ0) is 19.3. The molecule has 0 radical (unpaired) electrons. The van der Waals surface area contributed by atoms with Gasteiger partial charge in [0.2, 0.25) is 5.91 Å². The Hall–Kier alpha value is -1.30. The summed E-state index contributed by atoms with van der Waals surface area (Å²) >= 11 is 5.96. The number of benzene rings is 1. The topological polar surface area (TPSA) is 41.2 Å². The van der Waals surface area contributed by atoms with Crippen molar-refractivity contribution in [1.82, 2.24) is 5.32 Å². The van der Waals surface area contributed by atoms with Gasteiger partial charge in [0, 0.05) is 31.2 Å². The highest BCUT2D eigenvalue weighted by atomic mass is 35.5. The number of carbonyl (C=O) groups is 1. The standard InChI is InChI=1S/C20H33ClN4O/c1-20(2,15-21)19(26)22-14-18(25-12-10-24(5)11-13-25)16-6-8-17(9-7-16)23(3)4/h6-9,18H,10-15H2,1-5H3,(H,22,26)/p+2/t18-/m1/s1. The van der Waals surface area contributed by atoms with Crippen LogP contribution < -0.4 is 20.0 Å². The Morgan fingerprint density at radius 3 is 2.27 bits per heavy atom. The van der Waals surface area contributed by atoms with Crippen molar-refractivity contribution in [3.05, 3.63) is 29.8 Å². The van der Waals surface area contributed by atoms with Crippen LogP contribution in [0.1, 0.15) is 25.5 Å². The van der Waals surface area contributed by atoms with E-state index < -0.39 is 5.41 Å². The Morgan fingerprint density at radius 2 is 1.77 bits per heavy atom. The Labute approximate surface area is 163 Å². The third-order valence-corrected chi connectivity index (χ3v) is 6.13. The Bertz CT molecular complexity index is 580. The fourth-order valence-corrected chi connectivity index (χ4v) is 3.47. The van der Waals surface area contributed by atoms with Gasteiger partial charge in [0.15, 0.2) is 0 Å². The third-order valence-electron chi connectivity index (χ3n) is 5.47. The highest BCUT2D eigenvalue weighted by Crippen LogP contribution is 2.19. The number of rotatable bonds is 7. The second-order valence-electron chi connectivity index (χ2n) is 8.38. The lowest BCUT2D eigenvalue weighted by atomic mass is 9.94. The molecule has 1 saturated heterocycles. The number of nitrogens with zero attached hydrogens (tertiary/aromatic N) is 1. The van der Waals surface area contributed by atoms with Crippen LogP contribution in [0.15, 0.2) is 24.3 Å². The van der Waals surface area contributed by atoms with Crippen LogP contribution >= 0.6 is 11.6 Å². The maximum atomic E-state index is 12.5. The van der Waals surface area contributed by atoms with E-state index in [0.717, 1.165) is 13.1 Å². The summed E-state index contributed by atoms with van der Waals surface area (Å²) in [5.74, 6) is 0.354. The molecular formula is C20H35ClN4O+2. The van der Waals surface area contributed by atoms with Crippen molar-refractivity contribution in [2.45, 2.75) is 19.9 Å². The molecule has 1 fully saturated rings. The van der Waals surface area contributed by atoms with E-state index in [9.17, 15) is 4.79 Å². The van der Waals surface area contributed by atoms with Crippen LogP contribution in [0.4, 0.5) is 5.69 Å². The first kappa shape index (κ1) is 21.0. The van der Waals surface area contributed by atoms with Crippen LogP contribution in [0.3, 0.4) is 0 Å². The summed E-state index contributed by atoms with van der Waals surface area (Å²) < 4.78 is 0. The minimum Gasteiger partial charge on any atom is -0.378 e. The highest BCUT2D eigenvalue weighted by Gasteiger charge is 2.32. The summed E-state index contributed by atoms with van der Waals surface area (Å²) in [6.45, 7) is 9.02. The van der Waals surface area contributed by atoms with Gasteiger partial charge in [-0.25, -0.2) is 0 Å². The summed E-state index contributed by atoms with van der Waals surface area (Å²) in [5, 5.41) is 3.16. The van der Waals surface area contributed by atoms with E-state index in [1.807, 2.05) is 13.8 Å². The molecule has 5 nitrogen and oxygen atoms in total. The van der Waals surface area contributed by atoms with Gasteiger partial charge in [-0.3, -0.25) is 4.79 Å². The van der Waals surface area contributed by atoms with Crippen LogP contribution in [-0.2, 0) is 4.79 Å². The number of carbonyl (C=O) groups excluding carboxylic acids is 1. The van der Waals surface area contributed by atoms with E-state index in [4.69, 9.17) is 11.6 Å². The number of likely N-dealkylation sites (N-methyl/N-ethyl adjacent to an activating group) is 1. The molecule has 2 rings (SSSR count). The first-order valence-electron chi connectivity index (χ1n) is 9.52. The number of piperazine rings is 1. The number of amides is 1. The second kappa shape index (κ2) is 9.07. The van der Waals surface area contributed by atoms with Gasteiger partial charge < -0.3 is 20.0 Å². The van der Waals surface area contributed by atoms with Crippen molar-refractivity contribution in [3.8, 4) is 0 Å². The molecule has 1 atom stereocenters. The largest absolute Gasteiger partial charge is 0.378 e. The van der Waals surface area contributed by atoms with E-state index >= 15 is 0 Å². The molecule has 0 aromatic heterocycles. The van der Waals surface area contributed by atoms with Gasteiger partial charge in [0.1, 0.15) is 32.2 Å². The van der Waals surface area contributed by atoms with Crippen molar-refractivity contribution in [2.75, 3.05) is 64.6 Å². The number of hydrogen-bond donors (Lipinski definition) is 3. The Balaban J connectivity index is 2.15. The average Bonchev–Trinajstić information content (AvgIpc) is 2.63. The predicted molar refractivity (Wildman–Crippen MR) is 108 cm³/mol. The number of anilines is 1. The van der Waals surface area contributed by atoms with Gasteiger partial charge in [-0.15, -0.1) is 11.6 Å². The number of alkyl halides is 1. The highest BCUT2D eigenvalue weighted by molar-refractivity contribution is 6.19. The Kier molecular flexibility index (Phi) is 7.33. The van der Waals surface area contributed by atoms with Crippen molar-refractivity contribution in [2.24, 2.45) is 5.41 Å². The maximum Gasteiger partial charge on any atom is 0.227 e. The molecule has 26 heavy (non-hydrogen) atoms. The van der Waals surface area contributed by atoms with Gasteiger partial charge >= 0.3 is 0 Å². The first-order valence-corrected chi connectivity index (χ1v) is 10.1. The fourth-order valence-electron chi connectivity index (χ4n) is 3.34. The smallest absolute Gasteiger partial charge is 0.227 e. The van der Waals surface area contributed by atoms with Gasteiger partial charge in [-0.05, 0) is 26.0 Å². The zero-order valence-electron chi connectivity index (χ0n) is 16.9. The van der Waals surface area contributed by atoms with Crippen LogP contribution in [0.25, 0.3) is 0 Å². The minimum atomic E-state index is -0.539. The van der Waals surface area contributed by atoms with Crippen molar-refractivity contribution in [3.63, 3.8) is 0 Å². The third kappa shape index (κ3) is 5.35. The summed E-state index contributed by atoms with van der Waals surface area (Å²) in [6, 6.07) is 9.00. The summed E-state index contributed by atoms with van der Waals surface area (Å²) in [4.78, 5) is 17.7. The number of nitrogens with one attached hydrogen (secondary N) is 3. The van der Waals surface area contributed by atoms with Crippen LogP contribution in [0.5, 0.6) is 0 Å². The number of hydrogen-bond acceptors (Lipinski definition) is 2. The lowest BCUT2D eigenvalue weighted by Gasteiger charge is -2.34. The van der Waals surface area contributed by atoms with Gasteiger partial charge in [0.25, 0.3) is 0 Å². The summed E-state index contributed by atoms with van der Waals surface area (Å²) in [7, 11) is 6.35. The van der Waals surface area contributed by atoms with Crippen molar-refractivity contribution >= 4 is 23.2 Å². The van der Waals surface area contributed by atoms with E-state index in [1.54, 1.807) is 9.80 Å². The van der Waals surface area contributed by atoms with E-state index in [1.165, 1.54) is 24.3 Å². The molecule has 0 saturated carbocycles. The van der Waals surface area contributed by atoms with Crippen molar-refractivity contribution < 1.29 is 14.6 Å². The quantitative estimate of drug-likeness (QED) is 0.561. The molecule has 146 valence electrons. The molecule has 0 bridgehead atoms. The number of quaternary nitrogens is 2. The molecule has 3 N–H and O–H groups in total. The van der Waals surface area contributed by atoms with E-state index in [0.29, 0.717) is 12.4 Å². The van der Waals surface area contributed by atoms with Crippen LogP contribution in [0.2, 0.25) is 0 Å². The van der Waals surface area contributed by atoms with Crippen LogP contribution in [0, 0.1) is 5.41 Å². The maximum absolute atomic E-state index is 12.5.